The van der Waals surface area contributed by atoms with Gasteiger partial charge in [-0.3, -0.25) is 9.59 Å². The molecule has 7 nitrogen and oxygen atoms in total. The molecule has 1 aromatic carbocycles. The van der Waals surface area contributed by atoms with E-state index in [1.807, 2.05) is 30.3 Å². The van der Waals surface area contributed by atoms with Crippen LogP contribution in [0.15, 0.2) is 30.3 Å². The Morgan fingerprint density at radius 3 is 2.67 bits per heavy atom. The van der Waals surface area contributed by atoms with Gasteiger partial charge in [-0.15, -0.1) is 12.4 Å². The van der Waals surface area contributed by atoms with Gasteiger partial charge in [0.05, 0.1) is 12.6 Å². The van der Waals surface area contributed by atoms with Crippen molar-refractivity contribution in [2.24, 2.45) is 0 Å². The van der Waals surface area contributed by atoms with Crippen molar-refractivity contribution in [2.75, 3.05) is 39.9 Å². The summed E-state index contributed by atoms with van der Waals surface area (Å²) in [6, 6.07) is 9.35. The second-order valence-corrected chi connectivity index (χ2v) is 6.82. The van der Waals surface area contributed by atoms with Crippen LogP contribution in [0.1, 0.15) is 19.3 Å². The van der Waals surface area contributed by atoms with E-state index < -0.39 is 5.60 Å². The lowest BCUT2D eigenvalue weighted by atomic mass is 9.90. The van der Waals surface area contributed by atoms with E-state index in [2.05, 4.69) is 10.6 Å². The molecule has 2 saturated heterocycles. The highest BCUT2D eigenvalue weighted by molar-refractivity contribution is 5.87. The average molecular weight is 398 g/mol. The zero-order valence-electron chi connectivity index (χ0n) is 15.6. The molecule has 2 fully saturated rings. The summed E-state index contributed by atoms with van der Waals surface area (Å²) >= 11 is 0. The molecule has 3 rings (SSSR count). The molecule has 0 bridgehead atoms. The molecule has 0 aliphatic carbocycles. The Morgan fingerprint density at radius 1 is 1.30 bits per heavy atom. The quantitative estimate of drug-likeness (QED) is 0.716. The number of nitrogens with zero attached hydrogens (tertiary/aromatic N) is 1. The Balaban J connectivity index is 0.00000261. The molecule has 2 aliphatic rings. The van der Waals surface area contributed by atoms with Crippen molar-refractivity contribution < 1.29 is 19.1 Å². The number of piperidine rings is 1. The first-order valence-electron chi connectivity index (χ1n) is 9.15. The molecule has 2 heterocycles. The summed E-state index contributed by atoms with van der Waals surface area (Å²) in [6.07, 6.45) is 1.62. The van der Waals surface area contributed by atoms with E-state index in [4.69, 9.17) is 9.47 Å². The van der Waals surface area contributed by atoms with Gasteiger partial charge in [0.1, 0.15) is 18.0 Å². The van der Waals surface area contributed by atoms with Crippen LogP contribution in [0, 0.1) is 0 Å². The van der Waals surface area contributed by atoms with Gasteiger partial charge in [-0.2, -0.15) is 0 Å². The van der Waals surface area contributed by atoms with Gasteiger partial charge in [0.2, 0.25) is 5.91 Å². The number of carbonyl (C=O) groups is 2. The number of para-hydroxylation sites is 1. The minimum Gasteiger partial charge on any atom is -0.492 e. The van der Waals surface area contributed by atoms with E-state index in [0.29, 0.717) is 39.0 Å². The zero-order valence-corrected chi connectivity index (χ0v) is 16.4. The SMILES string of the molecule is COC1(C(=O)NC2CC(=O)N(CCOc3ccccc3)C2)CCNCC1.Cl. The van der Waals surface area contributed by atoms with Gasteiger partial charge in [-0.1, -0.05) is 18.2 Å². The molecule has 150 valence electrons. The number of amides is 2. The van der Waals surface area contributed by atoms with Gasteiger partial charge in [0, 0.05) is 20.1 Å². The largest absolute Gasteiger partial charge is 0.492 e. The monoisotopic (exact) mass is 397 g/mol. The lowest BCUT2D eigenvalue weighted by Gasteiger charge is -2.35. The van der Waals surface area contributed by atoms with Crippen molar-refractivity contribution >= 4 is 24.2 Å². The number of benzene rings is 1. The molecule has 27 heavy (non-hydrogen) atoms. The van der Waals surface area contributed by atoms with Gasteiger partial charge in [-0.25, -0.2) is 0 Å². The maximum Gasteiger partial charge on any atom is 0.252 e. The number of hydrogen-bond acceptors (Lipinski definition) is 5. The molecule has 1 atom stereocenters. The number of methoxy groups -OCH3 is 1. The number of nitrogens with one attached hydrogen (secondary N) is 2. The number of halogens is 1. The van der Waals surface area contributed by atoms with Gasteiger partial charge in [0.25, 0.3) is 5.91 Å². The topological polar surface area (TPSA) is 79.9 Å². The van der Waals surface area contributed by atoms with E-state index in [1.165, 1.54) is 0 Å². The molecule has 0 radical (unpaired) electrons. The van der Waals surface area contributed by atoms with Crippen LogP contribution in [0.2, 0.25) is 0 Å². The minimum atomic E-state index is -0.780. The highest BCUT2D eigenvalue weighted by atomic mass is 35.5. The fourth-order valence-electron chi connectivity index (χ4n) is 3.55. The van der Waals surface area contributed by atoms with Crippen LogP contribution in [-0.4, -0.2) is 68.3 Å². The Morgan fingerprint density at radius 2 is 2.00 bits per heavy atom. The third-order valence-electron chi connectivity index (χ3n) is 5.14. The van der Waals surface area contributed by atoms with Gasteiger partial charge < -0.3 is 25.0 Å². The van der Waals surface area contributed by atoms with Crippen LogP contribution in [0.5, 0.6) is 5.75 Å². The molecular weight excluding hydrogens is 370 g/mol. The first kappa shape index (κ1) is 21.5. The fraction of sp³-hybridized carbons (Fsp3) is 0.579. The summed E-state index contributed by atoms with van der Waals surface area (Å²) in [5.41, 5.74) is -0.780. The average Bonchev–Trinajstić information content (AvgIpc) is 3.02. The van der Waals surface area contributed by atoms with E-state index in [0.717, 1.165) is 18.8 Å². The Kier molecular flexibility index (Phi) is 7.89. The van der Waals surface area contributed by atoms with Gasteiger partial charge in [0.15, 0.2) is 0 Å². The number of hydrogen-bond donors (Lipinski definition) is 2. The number of ether oxygens (including phenoxy) is 2. The summed E-state index contributed by atoms with van der Waals surface area (Å²) < 4.78 is 11.2. The van der Waals surface area contributed by atoms with Crippen molar-refractivity contribution in [2.45, 2.75) is 30.9 Å². The maximum atomic E-state index is 12.7. The summed E-state index contributed by atoms with van der Waals surface area (Å²) in [5.74, 6) is 0.724. The van der Waals surface area contributed by atoms with E-state index in [1.54, 1.807) is 12.0 Å². The van der Waals surface area contributed by atoms with E-state index in [9.17, 15) is 9.59 Å². The zero-order chi connectivity index (χ0) is 18.4. The normalized spacial score (nSPS) is 21.4. The molecule has 0 saturated carbocycles. The third-order valence-corrected chi connectivity index (χ3v) is 5.14. The summed E-state index contributed by atoms with van der Waals surface area (Å²) in [4.78, 5) is 26.7. The molecule has 0 aromatic heterocycles. The van der Waals surface area contributed by atoms with Crippen LogP contribution in [-0.2, 0) is 14.3 Å². The van der Waals surface area contributed by atoms with Gasteiger partial charge in [-0.05, 0) is 38.1 Å². The molecule has 2 N–H and O–H groups in total. The van der Waals surface area contributed by atoms with Crippen molar-refractivity contribution in [3.05, 3.63) is 30.3 Å². The van der Waals surface area contributed by atoms with Crippen molar-refractivity contribution in [1.29, 1.82) is 0 Å². The van der Waals surface area contributed by atoms with E-state index >= 15 is 0 Å². The number of carbonyl (C=O) groups excluding carboxylic acids is 2. The first-order valence-corrected chi connectivity index (χ1v) is 9.15. The van der Waals surface area contributed by atoms with E-state index in [-0.39, 0.29) is 30.3 Å². The van der Waals surface area contributed by atoms with Crippen LogP contribution >= 0.6 is 12.4 Å². The summed E-state index contributed by atoms with van der Waals surface area (Å²) in [6.45, 7) is 2.98. The minimum absolute atomic E-state index is 0. The molecule has 2 amide bonds. The Bertz CT molecular complexity index is 623. The lowest BCUT2D eigenvalue weighted by molar-refractivity contribution is -0.147. The van der Waals surface area contributed by atoms with Crippen molar-refractivity contribution in [1.82, 2.24) is 15.5 Å². The third kappa shape index (κ3) is 5.34. The molecule has 2 aliphatic heterocycles. The molecule has 0 spiro atoms. The molecular formula is C19H28ClN3O4. The second kappa shape index (κ2) is 9.92. The number of rotatable bonds is 7. The van der Waals surface area contributed by atoms with Crippen molar-refractivity contribution in [3.63, 3.8) is 0 Å². The van der Waals surface area contributed by atoms with Crippen LogP contribution in [0.25, 0.3) is 0 Å². The van der Waals surface area contributed by atoms with Crippen LogP contribution in [0.3, 0.4) is 0 Å². The smallest absolute Gasteiger partial charge is 0.252 e. The standard InChI is InChI=1S/C19H27N3O4.ClH/c1-25-19(7-9-20-10-8-19)18(24)21-15-13-17(23)22(14-15)11-12-26-16-5-3-2-4-6-16;/h2-6,15,20H,7-14H2,1H3,(H,21,24);1H. The first-order chi connectivity index (χ1) is 12.6. The highest BCUT2D eigenvalue weighted by Gasteiger charge is 2.42. The fourth-order valence-corrected chi connectivity index (χ4v) is 3.55. The molecule has 8 heteroatoms. The van der Waals surface area contributed by atoms with Crippen LogP contribution in [0.4, 0.5) is 0 Å². The van der Waals surface area contributed by atoms with Crippen LogP contribution < -0.4 is 15.4 Å². The van der Waals surface area contributed by atoms with Gasteiger partial charge >= 0.3 is 0 Å². The predicted octanol–water partition coefficient (Wildman–Crippen LogP) is 0.973. The summed E-state index contributed by atoms with van der Waals surface area (Å²) in [5, 5.41) is 6.25. The second-order valence-electron chi connectivity index (χ2n) is 6.82. The Hall–Kier alpha value is -1.83. The predicted molar refractivity (Wildman–Crippen MR) is 104 cm³/mol. The highest BCUT2D eigenvalue weighted by Crippen LogP contribution is 2.23. The summed E-state index contributed by atoms with van der Waals surface area (Å²) in [7, 11) is 1.58. The number of likely N-dealkylation sites (tertiary alicyclic amines) is 1. The lowest BCUT2D eigenvalue weighted by Crippen LogP contribution is -2.56. The molecule has 1 unspecified atom stereocenters. The molecule has 1 aromatic rings. The maximum absolute atomic E-state index is 12.7. The Labute approximate surface area is 166 Å². The van der Waals surface area contributed by atoms with Crippen molar-refractivity contribution in [3.8, 4) is 5.75 Å².